The molecule has 1 aliphatic rings. The number of hydrogen-bond acceptors (Lipinski definition) is 3. The number of aliphatic carboxylic acids is 1. The molecule has 1 unspecified atom stereocenters. The summed E-state index contributed by atoms with van der Waals surface area (Å²) >= 11 is 5.96. The minimum atomic E-state index is -0.935. The van der Waals surface area contributed by atoms with Crippen LogP contribution in [0.15, 0.2) is 18.2 Å². The SMILES string of the molecule is CC(C)N1CCN(C(CC(=O)O)c2cc(Cl)ccc2F)CC1. The molecule has 2 rings (SSSR count). The Bertz CT molecular complexity index is 531. The fourth-order valence-corrected chi connectivity index (χ4v) is 3.12. The van der Waals surface area contributed by atoms with Gasteiger partial charge in [0.25, 0.3) is 0 Å². The minimum Gasteiger partial charge on any atom is -0.481 e. The maximum atomic E-state index is 14.1. The van der Waals surface area contributed by atoms with Crippen molar-refractivity contribution in [3.05, 3.63) is 34.6 Å². The molecule has 0 radical (unpaired) electrons. The van der Waals surface area contributed by atoms with Crippen molar-refractivity contribution in [2.24, 2.45) is 0 Å². The van der Waals surface area contributed by atoms with Crippen molar-refractivity contribution in [2.75, 3.05) is 26.2 Å². The number of carboxylic acid groups (broad SMARTS) is 1. The smallest absolute Gasteiger partial charge is 0.305 e. The van der Waals surface area contributed by atoms with Gasteiger partial charge in [-0.3, -0.25) is 14.6 Å². The van der Waals surface area contributed by atoms with Gasteiger partial charge in [0.05, 0.1) is 6.42 Å². The van der Waals surface area contributed by atoms with Crippen LogP contribution in [-0.4, -0.2) is 53.1 Å². The fourth-order valence-electron chi connectivity index (χ4n) is 2.94. The molecule has 0 spiro atoms. The van der Waals surface area contributed by atoms with Crippen molar-refractivity contribution in [1.29, 1.82) is 0 Å². The van der Waals surface area contributed by atoms with Crippen LogP contribution in [0, 0.1) is 5.82 Å². The summed E-state index contributed by atoms with van der Waals surface area (Å²) in [7, 11) is 0. The summed E-state index contributed by atoms with van der Waals surface area (Å²) in [5.74, 6) is -1.34. The van der Waals surface area contributed by atoms with Gasteiger partial charge in [-0.15, -0.1) is 0 Å². The molecule has 6 heteroatoms. The topological polar surface area (TPSA) is 43.8 Å². The van der Waals surface area contributed by atoms with E-state index in [1.165, 1.54) is 12.1 Å². The number of benzene rings is 1. The van der Waals surface area contributed by atoms with E-state index < -0.39 is 17.8 Å². The highest BCUT2D eigenvalue weighted by Gasteiger charge is 2.29. The van der Waals surface area contributed by atoms with Crippen LogP contribution < -0.4 is 0 Å². The molecule has 1 saturated heterocycles. The number of nitrogens with zero attached hydrogens (tertiary/aromatic N) is 2. The quantitative estimate of drug-likeness (QED) is 0.902. The summed E-state index contributed by atoms with van der Waals surface area (Å²) in [6.45, 7) is 7.44. The second-order valence-corrected chi connectivity index (χ2v) is 6.38. The zero-order valence-corrected chi connectivity index (χ0v) is 13.7. The Labute approximate surface area is 135 Å². The van der Waals surface area contributed by atoms with Crippen molar-refractivity contribution in [1.82, 2.24) is 9.80 Å². The van der Waals surface area contributed by atoms with E-state index in [1.54, 1.807) is 6.07 Å². The molecule has 1 aliphatic heterocycles. The first-order chi connectivity index (χ1) is 10.4. The molecule has 0 bridgehead atoms. The van der Waals surface area contributed by atoms with Gasteiger partial charge in [0.1, 0.15) is 5.82 Å². The predicted octanol–water partition coefficient (Wildman–Crippen LogP) is 3.02. The van der Waals surface area contributed by atoms with Gasteiger partial charge < -0.3 is 5.11 Å². The Morgan fingerprint density at radius 2 is 1.86 bits per heavy atom. The third-order valence-electron chi connectivity index (χ3n) is 4.20. The molecule has 0 aromatic heterocycles. The van der Waals surface area contributed by atoms with E-state index in [0.29, 0.717) is 16.6 Å². The summed E-state index contributed by atoms with van der Waals surface area (Å²) in [4.78, 5) is 15.6. The van der Waals surface area contributed by atoms with Crippen molar-refractivity contribution >= 4 is 17.6 Å². The summed E-state index contributed by atoms with van der Waals surface area (Å²) in [6, 6.07) is 4.30. The van der Waals surface area contributed by atoms with Crippen LogP contribution in [0.25, 0.3) is 0 Å². The molecule has 1 fully saturated rings. The lowest BCUT2D eigenvalue weighted by Gasteiger charge is -2.40. The standard InChI is InChI=1S/C16H22ClFN2O2/c1-11(2)19-5-7-20(8-6-19)15(10-16(21)22)13-9-12(17)3-4-14(13)18/h3-4,9,11,15H,5-8,10H2,1-2H3,(H,21,22). The highest BCUT2D eigenvalue weighted by Crippen LogP contribution is 2.30. The lowest BCUT2D eigenvalue weighted by Crippen LogP contribution is -2.50. The van der Waals surface area contributed by atoms with Crippen LogP contribution in [0.5, 0.6) is 0 Å². The third-order valence-corrected chi connectivity index (χ3v) is 4.44. The minimum absolute atomic E-state index is 0.126. The van der Waals surface area contributed by atoms with Crippen LogP contribution in [0.1, 0.15) is 31.9 Å². The molecule has 4 nitrogen and oxygen atoms in total. The average Bonchev–Trinajstić information content (AvgIpc) is 2.47. The molecule has 1 aromatic rings. The molecule has 0 aliphatic carbocycles. The van der Waals surface area contributed by atoms with Gasteiger partial charge in [-0.1, -0.05) is 11.6 Å². The van der Waals surface area contributed by atoms with Crippen LogP contribution in [0.4, 0.5) is 4.39 Å². The van der Waals surface area contributed by atoms with Crippen LogP contribution in [0.2, 0.25) is 5.02 Å². The Hall–Kier alpha value is -1.17. The van der Waals surface area contributed by atoms with Gasteiger partial charge >= 0.3 is 5.97 Å². The van der Waals surface area contributed by atoms with E-state index in [1.807, 2.05) is 4.90 Å². The highest BCUT2D eigenvalue weighted by molar-refractivity contribution is 6.30. The van der Waals surface area contributed by atoms with Crippen LogP contribution >= 0.6 is 11.6 Å². The summed E-state index contributed by atoms with van der Waals surface area (Å²) in [5.41, 5.74) is 0.368. The lowest BCUT2D eigenvalue weighted by molar-refractivity contribution is -0.138. The Morgan fingerprint density at radius 3 is 2.41 bits per heavy atom. The predicted molar refractivity (Wildman–Crippen MR) is 84.7 cm³/mol. The van der Waals surface area contributed by atoms with Crippen molar-refractivity contribution < 1.29 is 14.3 Å². The van der Waals surface area contributed by atoms with Gasteiger partial charge in [-0.05, 0) is 32.0 Å². The van der Waals surface area contributed by atoms with E-state index >= 15 is 0 Å². The molecule has 1 heterocycles. The molecular formula is C16H22ClFN2O2. The van der Waals surface area contributed by atoms with Gasteiger partial charge in [-0.2, -0.15) is 0 Å². The summed E-state index contributed by atoms with van der Waals surface area (Å²) in [6.07, 6.45) is -0.126. The van der Waals surface area contributed by atoms with Crippen molar-refractivity contribution in [3.8, 4) is 0 Å². The number of carboxylic acids is 1. The van der Waals surface area contributed by atoms with E-state index in [9.17, 15) is 14.3 Å². The van der Waals surface area contributed by atoms with Gasteiger partial charge in [0.2, 0.25) is 0 Å². The second kappa shape index (κ2) is 7.40. The first-order valence-corrected chi connectivity index (χ1v) is 7.91. The molecule has 122 valence electrons. The summed E-state index contributed by atoms with van der Waals surface area (Å²) in [5, 5.41) is 9.61. The molecule has 1 N–H and O–H groups in total. The highest BCUT2D eigenvalue weighted by atomic mass is 35.5. The maximum Gasteiger partial charge on any atom is 0.305 e. The van der Waals surface area contributed by atoms with Crippen LogP contribution in [-0.2, 0) is 4.79 Å². The number of carbonyl (C=O) groups is 1. The second-order valence-electron chi connectivity index (χ2n) is 5.95. The monoisotopic (exact) mass is 328 g/mol. The van der Waals surface area contributed by atoms with Crippen molar-refractivity contribution in [3.63, 3.8) is 0 Å². The number of piperazine rings is 1. The van der Waals surface area contributed by atoms with E-state index in [4.69, 9.17) is 11.6 Å². The zero-order chi connectivity index (χ0) is 16.3. The maximum absolute atomic E-state index is 14.1. The van der Waals surface area contributed by atoms with Gasteiger partial charge in [0.15, 0.2) is 0 Å². The fraction of sp³-hybridized carbons (Fsp3) is 0.562. The van der Waals surface area contributed by atoms with Gasteiger partial charge in [-0.25, -0.2) is 4.39 Å². The molecule has 1 aromatic carbocycles. The number of hydrogen-bond donors (Lipinski definition) is 1. The van der Waals surface area contributed by atoms with E-state index in [-0.39, 0.29) is 6.42 Å². The first-order valence-electron chi connectivity index (χ1n) is 7.53. The molecule has 1 atom stereocenters. The Kier molecular flexibility index (Phi) is 5.78. The molecule has 22 heavy (non-hydrogen) atoms. The largest absolute Gasteiger partial charge is 0.481 e. The first kappa shape index (κ1) is 17.2. The van der Waals surface area contributed by atoms with Crippen molar-refractivity contribution in [2.45, 2.75) is 32.4 Å². The van der Waals surface area contributed by atoms with Gasteiger partial charge in [0, 0.05) is 48.8 Å². The van der Waals surface area contributed by atoms with E-state index in [0.717, 1.165) is 26.2 Å². The Morgan fingerprint density at radius 1 is 1.27 bits per heavy atom. The van der Waals surface area contributed by atoms with E-state index in [2.05, 4.69) is 18.7 Å². The number of halogens is 2. The Balaban J connectivity index is 2.20. The number of rotatable bonds is 5. The normalized spacial score (nSPS) is 18.6. The summed E-state index contributed by atoms with van der Waals surface area (Å²) < 4.78 is 14.1. The molecule has 0 saturated carbocycles. The molecule has 0 amide bonds. The van der Waals surface area contributed by atoms with Crippen LogP contribution in [0.3, 0.4) is 0 Å². The average molecular weight is 329 g/mol. The zero-order valence-electron chi connectivity index (χ0n) is 12.9. The third kappa shape index (κ3) is 4.18. The lowest BCUT2D eigenvalue weighted by atomic mass is 10.00. The molecular weight excluding hydrogens is 307 g/mol.